The van der Waals surface area contributed by atoms with Gasteiger partial charge >= 0.3 is 0 Å². The zero-order valence-corrected chi connectivity index (χ0v) is 10.0. The smallest absolute Gasteiger partial charge is 0.118 e. The Morgan fingerprint density at radius 1 is 1.33 bits per heavy atom. The molecule has 1 heterocycles. The Bertz CT molecular complexity index is 312. The van der Waals surface area contributed by atoms with Gasteiger partial charge in [-0.15, -0.1) is 11.8 Å². The van der Waals surface area contributed by atoms with E-state index in [4.69, 9.17) is 4.74 Å². The predicted octanol–water partition coefficient (Wildman–Crippen LogP) is 2.81. The van der Waals surface area contributed by atoms with Crippen molar-refractivity contribution in [2.75, 3.05) is 13.7 Å². The van der Waals surface area contributed by atoms with Gasteiger partial charge in [-0.2, -0.15) is 0 Å². The number of hydrogen-bond acceptors (Lipinski definition) is 3. The molecule has 0 aliphatic carbocycles. The van der Waals surface area contributed by atoms with Crippen molar-refractivity contribution in [1.29, 1.82) is 0 Å². The van der Waals surface area contributed by atoms with Crippen molar-refractivity contribution < 1.29 is 4.74 Å². The van der Waals surface area contributed by atoms with Crippen molar-refractivity contribution in [3.8, 4) is 5.75 Å². The molecule has 1 aliphatic heterocycles. The lowest BCUT2D eigenvalue weighted by Crippen LogP contribution is -2.28. The summed E-state index contributed by atoms with van der Waals surface area (Å²) in [5, 5.41) is 4.72. The van der Waals surface area contributed by atoms with Gasteiger partial charge in [0.25, 0.3) is 0 Å². The van der Waals surface area contributed by atoms with Crippen molar-refractivity contribution >= 4 is 11.8 Å². The minimum absolute atomic E-state index is 0.444. The molecule has 0 radical (unpaired) electrons. The van der Waals surface area contributed by atoms with Crippen LogP contribution >= 0.6 is 11.8 Å². The quantitative estimate of drug-likeness (QED) is 0.833. The Morgan fingerprint density at radius 2 is 2.07 bits per heavy atom. The summed E-state index contributed by atoms with van der Waals surface area (Å²) in [6, 6.07) is 8.33. The summed E-state index contributed by atoms with van der Waals surface area (Å²) >= 11 is 2.00. The molecule has 0 saturated carbocycles. The van der Waals surface area contributed by atoms with E-state index in [-0.39, 0.29) is 0 Å². The molecular formula is C12H17NOS. The lowest BCUT2D eigenvalue weighted by atomic mass is 10.2. The van der Waals surface area contributed by atoms with Gasteiger partial charge in [-0.1, -0.05) is 19.1 Å². The third kappa shape index (κ3) is 2.67. The van der Waals surface area contributed by atoms with Crippen LogP contribution in [0.3, 0.4) is 0 Å². The molecule has 0 aromatic heterocycles. The Kier molecular flexibility index (Phi) is 3.54. The summed E-state index contributed by atoms with van der Waals surface area (Å²) in [6.45, 7) is 3.41. The van der Waals surface area contributed by atoms with Gasteiger partial charge in [0.15, 0.2) is 0 Å². The van der Waals surface area contributed by atoms with E-state index in [1.165, 1.54) is 12.0 Å². The van der Waals surface area contributed by atoms with Crippen molar-refractivity contribution in [3.05, 3.63) is 29.8 Å². The summed E-state index contributed by atoms with van der Waals surface area (Å²) in [6.07, 6.45) is 1.26. The first-order valence-electron chi connectivity index (χ1n) is 5.32. The zero-order chi connectivity index (χ0) is 10.7. The van der Waals surface area contributed by atoms with Gasteiger partial charge in [0, 0.05) is 5.25 Å². The molecule has 0 amide bonds. The third-order valence-corrected chi connectivity index (χ3v) is 4.08. The number of benzene rings is 1. The molecule has 2 atom stereocenters. The molecule has 2 rings (SSSR count). The Balaban J connectivity index is 2.07. The molecule has 15 heavy (non-hydrogen) atoms. The predicted molar refractivity (Wildman–Crippen MR) is 65.4 cm³/mol. The maximum Gasteiger partial charge on any atom is 0.118 e. The number of ether oxygens (including phenoxy) is 1. The number of nitrogens with one attached hydrogen (secondary N) is 1. The molecule has 3 heteroatoms. The maximum atomic E-state index is 5.15. The number of hydrogen-bond donors (Lipinski definition) is 1. The highest BCUT2D eigenvalue weighted by atomic mass is 32.2. The Hall–Kier alpha value is -0.670. The summed E-state index contributed by atoms with van der Waals surface area (Å²) in [5.41, 5.74) is 1.34. The summed E-state index contributed by atoms with van der Waals surface area (Å²) in [7, 11) is 1.70. The minimum atomic E-state index is 0.444. The first kappa shape index (κ1) is 10.8. The second-order valence-electron chi connectivity index (χ2n) is 3.84. The van der Waals surface area contributed by atoms with Crippen molar-refractivity contribution in [3.63, 3.8) is 0 Å². The molecule has 1 aromatic carbocycles. The fourth-order valence-corrected chi connectivity index (χ4v) is 2.99. The normalized spacial score (nSPS) is 26.3. The number of thioether (sulfide) groups is 1. The molecule has 1 saturated heterocycles. The molecule has 0 spiro atoms. The Morgan fingerprint density at radius 3 is 2.67 bits per heavy atom. The van der Waals surface area contributed by atoms with Crippen LogP contribution in [0.15, 0.2) is 24.3 Å². The Labute approximate surface area is 95.4 Å². The second-order valence-corrected chi connectivity index (χ2v) is 5.39. The fourth-order valence-electron chi connectivity index (χ4n) is 1.74. The molecular weight excluding hydrogens is 206 g/mol. The first-order valence-corrected chi connectivity index (χ1v) is 6.26. The average Bonchev–Trinajstić information content (AvgIpc) is 2.29. The average molecular weight is 223 g/mol. The summed E-state index contributed by atoms with van der Waals surface area (Å²) in [4.78, 5) is 0. The van der Waals surface area contributed by atoms with E-state index in [1.54, 1.807) is 7.11 Å². The van der Waals surface area contributed by atoms with E-state index in [2.05, 4.69) is 24.4 Å². The zero-order valence-electron chi connectivity index (χ0n) is 9.19. The van der Waals surface area contributed by atoms with Crippen LogP contribution in [-0.4, -0.2) is 18.9 Å². The van der Waals surface area contributed by atoms with Gasteiger partial charge in [0.2, 0.25) is 0 Å². The van der Waals surface area contributed by atoms with Crippen molar-refractivity contribution in [1.82, 2.24) is 5.32 Å². The van der Waals surface area contributed by atoms with Crippen LogP contribution in [0.5, 0.6) is 5.75 Å². The topological polar surface area (TPSA) is 21.3 Å². The highest BCUT2D eigenvalue weighted by Gasteiger charge is 2.19. The third-order valence-electron chi connectivity index (χ3n) is 2.67. The minimum Gasteiger partial charge on any atom is -0.497 e. The van der Waals surface area contributed by atoms with E-state index in [0.717, 1.165) is 17.5 Å². The van der Waals surface area contributed by atoms with Crippen LogP contribution in [0.25, 0.3) is 0 Å². The highest BCUT2D eigenvalue weighted by Crippen LogP contribution is 2.34. The van der Waals surface area contributed by atoms with Gasteiger partial charge in [-0.3, -0.25) is 0 Å². The largest absolute Gasteiger partial charge is 0.497 e. The van der Waals surface area contributed by atoms with Crippen molar-refractivity contribution in [2.45, 2.75) is 24.0 Å². The molecule has 1 aromatic rings. The van der Waals surface area contributed by atoms with Gasteiger partial charge < -0.3 is 10.1 Å². The van der Waals surface area contributed by atoms with Crippen LogP contribution < -0.4 is 10.1 Å². The van der Waals surface area contributed by atoms with Gasteiger partial charge in [-0.05, 0) is 30.7 Å². The molecule has 1 fully saturated rings. The molecule has 0 bridgehead atoms. The van der Waals surface area contributed by atoms with Gasteiger partial charge in [0.1, 0.15) is 5.75 Å². The standard InChI is InChI=1S/C12H17NOS/c1-9-7-8-13-12(15-9)10-3-5-11(14-2)6-4-10/h3-6,9,12-13H,7-8H2,1-2H3. The van der Waals surface area contributed by atoms with E-state index in [0.29, 0.717) is 5.37 Å². The van der Waals surface area contributed by atoms with E-state index >= 15 is 0 Å². The van der Waals surface area contributed by atoms with Gasteiger partial charge in [-0.25, -0.2) is 0 Å². The SMILES string of the molecule is COc1ccc(C2NCCC(C)S2)cc1. The highest BCUT2D eigenvalue weighted by molar-refractivity contribution is 8.00. The van der Waals surface area contributed by atoms with Crippen LogP contribution in [0, 0.1) is 0 Å². The van der Waals surface area contributed by atoms with Crippen LogP contribution in [0.2, 0.25) is 0 Å². The van der Waals surface area contributed by atoms with E-state index < -0.39 is 0 Å². The summed E-state index contributed by atoms with van der Waals surface area (Å²) in [5.74, 6) is 0.924. The second kappa shape index (κ2) is 4.90. The lowest BCUT2D eigenvalue weighted by molar-refractivity contribution is 0.414. The van der Waals surface area contributed by atoms with Crippen molar-refractivity contribution in [2.24, 2.45) is 0 Å². The van der Waals surface area contributed by atoms with E-state index in [9.17, 15) is 0 Å². The fraction of sp³-hybridized carbons (Fsp3) is 0.500. The first-order chi connectivity index (χ1) is 7.29. The summed E-state index contributed by atoms with van der Waals surface area (Å²) < 4.78 is 5.15. The molecule has 1 N–H and O–H groups in total. The van der Waals surface area contributed by atoms with E-state index in [1.807, 2.05) is 23.9 Å². The molecule has 1 aliphatic rings. The number of methoxy groups -OCH3 is 1. The molecule has 2 nitrogen and oxygen atoms in total. The van der Waals surface area contributed by atoms with Crippen LogP contribution in [0.4, 0.5) is 0 Å². The monoisotopic (exact) mass is 223 g/mol. The van der Waals surface area contributed by atoms with Gasteiger partial charge in [0.05, 0.1) is 12.5 Å². The molecule has 82 valence electrons. The lowest BCUT2D eigenvalue weighted by Gasteiger charge is -2.28. The maximum absolute atomic E-state index is 5.15. The van der Waals surface area contributed by atoms with Crippen LogP contribution in [0.1, 0.15) is 24.3 Å². The number of rotatable bonds is 2. The van der Waals surface area contributed by atoms with Crippen LogP contribution in [-0.2, 0) is 0 Å². The molecule has 2 unspecified atom stereocenters.